The van der Waals surface area contributed by atoms with Crippen LogP contribution in [0.4, 0.5) is 19.0 Å². The molecule has 1 aliphatic heterocycles. The van der Waals surface area contributed by atoms with Crippen LogP contribution in [0, 0.1) is 5.92 Å². The second kappa shape index (κ2) is 12.0. The minimum Gasteiger partial charge on any atom is -0.385 e. The number of methoxy groups -OCH3 is 1. The summed E-state index contributed by atoms with van der Waals surface area (Å²) in [5.74, 6) is 0.286. The molecule has 9 heteroatoms. The monoisotopic (exact) mass is 418 g/mol. The van der Waals surface area contributed by atoms with Gasteiger partial charge in [0.1, 0.15) is 5.82 Å². The second-order valence-corrected chi connectivity index (χ2v) is 7.25. The number of pyridine rings is 1. The molecule has 0 saturated carbocycles. The van der Waals surface area contributed by atoms with Crippen molar-refractivity contribution >= 4 is 11.7 Å². The van der Waals surface area contributed by atoms with Gasteiger partial charge in [-0.3, -0.25) is 4.79 Å². The lowest BCUT2D eigenvalue weighted by Crippen LogP contribution is -2.50. The molecule has 166 valence electrons. The van der Waals surface area contributed by atoms with Gasteiger partial charge in [-0.15, -0.1) is 0 Å². The van der Waals surface area contributed by atoms with Crippen molar-refractivity contribution < 1.29 is 22.7 Å². The molecular weight excluding hydrogens is 385 g/mol. The maximum Gasteiger partial charge on any atom is 0.416 e. The van der Waals surface area contributed by atoms with E-state index in [-0.39, 0.29) is 17.9 Å². The molecule has 0 bridgehead atoms. The summed E-state index contributed by atoms with van der Waals surface area (Å²) in [7, 11) is 1.68. The van der Waals surface area contributed by atoms with Gasteiger partial charge >= 0.3 is 6.18 Å². The van der Waals surface area contributed by atoms with E-state index in [0.29, 0.717) is 32.0 Å². The van der Waals surface area contributed by atoms with Gasteiger partial charge in [-0.05, 0) is 38.8 Å². The molecule has 1 fully saturated rings. The molecule has 1 aromatic heterocycles. The van der Waals surface area contributed by atoms with Crippen LogP contribution in [0.15, 0.2) is 18.3 Å². The van der Waals surface area contributed by atoms with Gasteiger partial charge in [-0.1, -0.05) is 6.92 Å². The number of amides is 1. The van der Waals surface area contributed by atoms with Crippen LogP contribution in [0.3, 0.4) is 0 Å². The van der Waals surface area contributed by atoms with Crippen LogP contribution in [0.1, 0.15) is 39.2 Å². The fourth-order valence-corrected chi connectivity index (χ4v) is 2.87. The van der Waals surface area contributed by atoms with Crippen molar-refractivity contribution in [1.82, 2.24) is 9.88 Å². The summed E-state index contributed by atoms with van der Waals surface area (Å²) in [6, 6.07) is 2.09. The summed E-state index contributed by atoms with van der Waals surface area (Å²) in [5.41, 5.74) is 5.02. The number of alkyl halides is 3. The molecule has 2 atom stereocenters. The maximum absolute atomic E-state index is 12.8. The third-order valence-corrected chi connectivity index (χ3v) is 4.75. The number of hydrogen-bond acceptors (Lipinski definition) is 5. The number of anilines is 1. The van der Waals surface area contributed by atoms with Crippen LogP contribution < -0.4 is 10.6 Å². The minimum atomic E-state index is -4.38. The molecule has 1 aliphatic rings. The molecule has 6 nitrogen and oxygen atoms in total. The van der Waals surface area contributed by atoms with E-state index >= 15 is 0 Å². The van der Waals surface area contributed by atoms with E-state index in [1.54, 1.807) is 16.9 Å². The molecule has 1 saturated heterocycles. The largest absolute Gasteiger partial charge is 0.416 e. The Morgan fingerprint density at radius 3 is 2.31 bits per heavy atom. The van der Waals surface area contributed by atoms with Gasteiger partial charge in [0, 0.05) is 58.1 Å². The summed E-state index contributed by atoms with van der Waals surface area (Å²) >= 11 is 0. The number of hydrogen-bond donors (Lipinski definition) is 1. The Hall–Kier alpha value is -1.87. The lowest BCUT2D eigenvalue weighted by atomic mass is 10.0. The van der Waals surface area contributed by atoms with Gasteiger partial charge in [0.2, 0.25) is 5.91 Å². The van der Waals surface area contributed by atoms with Crippen LogP contribution in [-0.2, 0) is 15.7 Å². The quantitative estimate of drug-likeness (QED) is 0.768. The van der Waals surface area contributed by atoms with Gasteiger partial charge in [0.25, 0.3) is 0 Å². The standard InChI is InChI=1S/C17H25F3N4O.C3H8O/c1-12(3-4-13(2)21)16(25)24-9-7-23(8-10-24)15-11-14(5-6-22-15)17(18,19)20;1-3-4-2/h5-6,11-13H,3-4,7-10,21H2,1-2H3;3H2,1-2H3. The highest BCUT2D eigenvalue weighted by molar-refractivity contribution is 5.78. The molecule has 2 unspecified atom stereocenters. The number of nitrogens with two attached hydrogens (primary N) is 1. The molecule has 0 radical (unpaired) electrons. The molecule has 0 spiro atoms. The van der Waals surface area contributed by atoms with Crippen molar-refractivity contribution in [1.29, 1.82) is 0 Å². The summed E-state index contributed by atoms with van der Waals surface area (Å²) in [6.07, 6.45) is -1.68. The number of nitrogens with zero attached hydrogens (tertiary/aromatic N) is 3. The van der Waals surface area contributed by atoms with Crippen molar-refractivity contribution in [2.75, 3.05) is 44.8 Å². The Kier molecular flexibility index (Phi) is 10.4. The molecule has 2 heterocycles. The van der Waals surface area contributed by atoms with Crippen molar-refractivity contribution in [2.24, 2.45) is 11.7 Å². The zero-order chi connectivity index (χ0) is 22.0. The number of carbonyl (C=O) groups is 1. The highest BCUT2D eigenvalue weighted by atomic mass is 19.4. The zero-order valence-corrected chi connectivity index (χ0v) is 17.7. The number of halogens is 3. The number of rotatable bonds is 6. The Bertz CT molecular complexity index is 616. The predicted molar refractivity (Wildman–Crippen MR) is 108 cm³/mol. The number of piperazine rings is 1. The SMILES string of the molecule is CC(N)CCC(C)C(=O)N1CCN(c2cc(C(F)(F)F)ccn2)CC1.CCOC. The fraction of sp³-hybridized carbons (Fsp3) is 0.700. The first-order valence-corrected chi connectivity index (χ1v) is 9.91. The van der Waals surface area contributed by atoms with Crippen molar-refractivity contribution in [3.05, 3.63) is 23.9 Å². The van der Waals surface area contributed by atoms with E-state index in [9.17, 15) is 18.0 Å². The second-order valence-electron chi connectivity index (χ2n) is 7.25. The van der Waals surface area contributed by atoms with Crippen molar-refractivity contribution in [2.45, 2.75) is 45.8 Å². The van der Waals surface area contributed by atoms with Crippen LogP contribution in [0.2, 0.25) is 0 Å². The van der Waals surface area contributed by atoms with E-state index in [1.165, 1.54) is 6.20 Å². The number of carbonyl (C=O) groups excluding carboxylic acids is 1. The molecule has 0 aliphatic carbocycles. The summed E-state index contributed by atoms with van der Waals surface area (Å²) < 4.78 is 43.0. The van der Waals surface area contributed by atoms with E-state index in [0.717, 1.165) is 31.6 Å². The number of ether oxygens (including phenoxy) is 1. The van der Waals surface area contributed by atoms with Crippen molar-refractivity contribution in [3.8, 4) is 0 Å². The molecular formula is C20H33F3N4O2. The predicted octanol–water partition coefficient (Wildman–Crippen LogP) is 3.17. The van der Waals surface area contributed by atoms with E-state index in [2.05, 4.69) is 9.72 Å². The first-order valence-electron chi connectivity index (χ1n) is 9.91. The first kappa shape index (κ1) is 25.2. The third-order valence-electron chi connectivity index (χ3n) is 4.75. The Balaban J connectivity index is 0.000000960. The van der Waals surface area contributed by atoms with Crippen LogP contribution in [0.5, 0.6) is 0 Å². The fourth-order valence-electron chi connectivity index (χ4n) is 2.87. The van der Waals surface area contributed by atoms with Crippen LogP contribution in [0.25, 0.3) is 0 Å². The third kappa shape index (κ3) is 8.57. The highest BCUT2D eigenvalue weighted by Crippen LogP contribution is 2.31. The molecule has 1 amide bonds. The Morgan fingerprint density at radius 1 is 1.24 bits per heavy atom. The topological polar surface area (TPSA) is 71.7 Å². The average Bonchev–Trinajstić information content (AvgIpc) is 2.71. The van der Waals surface area contributed by atoms with Crippen LogP contribution in [-0.4, -0.2) is 61.7 Å². The smallest absolute Gasteiger partial charge is 0.385 e. The Morgan fingerprint density at radius 2 is 1.83 bits per heavy atom. The lowest BCUT2D eigenvalue weighted by Gasteiger charge is -2.36. The molecule has 2 N–H and O–H groups in total. The van der Waals surface area contributed by atoms with Crippen LogP contribution >= 0.6 is 0 Å². The zero-order valence-electron chi connectivity index (χ0n) is 17.7. The highest BCUT2D eigenvalue weighted by Gasteiger charge is 2.32. The normalized spacial score (nSPS) is 16.7. The van der Waals surface area contributed by atoms with E-state index in [4.69, 9.17) is 5.73 Å². The van der Waals surface area contributed by atoms with Gasteiger partial charge in [0.15, 0.2) is 0 Å². The number of aromatic nitrogens is 1. The molecule has 0 aromatic carbocycles. The Labute approximate surface area is 171 Å². The average molecular weight is 419 g/mol. The molecule has 29 heavy (non-hydrogen) atoms. The van der Waals surface area contributed by atoms with Gasteiger partial charge in [0.05, 0.1) is 5.56 Å². The summed E-state index contributed by atoms with van der Waals surface area (Å²) in [5, 5.41) is 0. The van der Waals surface area contributed by atoms with Gasteiger partial charge < -0.3 is 20.3 Å². The van der Waals surface area contributed by atoms with E-state index in [1.807, 2.05) is 20.8 Å². The first-order chi connectivity index (χ1) is 13.6. The minimum absolute atomic E-state index is 0.0686. The lowest BCUT2D eigenvalue weighted by molar-refractivity contribution is -0.137. The molecule has 2 rings (SSSR count). The van der Waals surface area contributed by atoms with Gasteiger partial charge in [-0.2, -0.15) is 13.2 Å². The van der Waals surface area contributed by atoms with Crippen molar-refractivity contribution in [3.63, 3.8) is 0 Å². The maximum atomic E-state index is 12.8. The van der Waals surface area contributed by atoms with E-state index < -0.39 is 11.7 Å². The molecule has 1 aromatic rings. The summed E-state index contributed by atoms with van der Waals surface area (Å²) in [4.78, 5) is 20.0. The summed E-state index contributed by atoms with van der Waals surface area (Å²) in [6.45, 7) is 8.50. The van der Waals surface area contributed by atoms with Gasteiger partial charge in [-0.25, -0.2) is 4.98 Å².